The van der Waals surface area contributed by atoms with Crippen molar-refractivity contribution in [1.82, 2.24) is 4.90 Å². The molecule has 124 valence electrons. The zero-order valence-electron chi connectivity index (χ0n) is 13.8. The van der Waals surface area contributed by atoms with Crippen LogP contribution in [0.5, 0.6) is 0 Å². The van der Waals surface area contributed by atoms with Gasteiger partial charge in [0.1, 0.15) is 0 Å². The third-order valence-electron chi connectivity index (χ3n) is 3.74. The Kier molecular flexibility index (Phi) is 5.21. The second-order valence-corrected chi connectivity index (χ2v) is 8.13. The van der Waals surface area contributed by atoms with Crippen molar-refractivity contribution in [3.8, 4) is 0 Å². The number of rotatable bonds is 4. The van der Waals surface area contributed by atoms with E-state index in [1.807, 2.05) is 46.7 Å². The van der Waals surface area contributed by atoms with E-state index in [9.17, 15) is 4.79 Å². The zero-order chi connectivity index (χ0) is 17.0. The summed E-state index contributed by atoms with van der Waals surface area (Å²) in [4.78, 5) is 20.3. The summed E-state index contributed by atoms with van der Waals surface area (Å²) < 4.78 is 0. The van der Waals surface area contributed by atoms with Crippen LogP contribution in [-0.2, 0) is 11.3 Å². The fourth-order valence-electron chi connectivity index (χ4n) is 2.49. The molecule has 0 unspecified atom stereocenters. The highest BCUT2D eigenvalue weighted by Gasteiger charge is 2.40. The molecule has 1 amide bonds. The minimum Gasteiger partial charge on any atom is -0.281 e. The van der Waals surface area contributed by atoms with Crippen molar-refractivity contribution < 1.29 is 4.79 Å². The largest absolute Gasteiger partial charge is 0.281 e. The number of carbonyl (C=O) groups is 1. The molecular formula is C19H20N2OS2. The Bertz CT molecular complexity index is 749. The highest BCUT2D eigenvalue weighted by molar-refractivity contribution is 8.14. The third kappa shape index (κ3) is 3.97. The van der Waals surface area contributed by atoms with Gasteiger partial charge in [-0.05, 0) is 36.9 Å². The van der Waals surface area contributed by atoms with Gasteiger partial charge in [-0.3, -0.25) is 14.7 Å². The number of nitrogens with zero attached hydrogens (tertiary/aromatic N) is 2. The molecule has 0 saturated carbocycles. The summed E-state index contributed by atoms with van der Waals surface area (Å²) in [6.07, 6.45) is 3.53. The number of thiophene rings is 1. The number of benzene rings is 1. The maximum atomic E-state index is 12.7. The first-order valence-corrected chi connectivity index (χ1v) is 9.70. The van der Waals surface area contributed by atoms with Crippen LogP contribution in [0, 0.1) is 0 Å². The molecule has 24 heavy (non-hydrogen) atoms. The lowest BCUT2D eigenvalue weighted by atomic mass is 10.1. The molecule has 1 aliphatic heterocycles. The van der Waals surface area contributed by atoms with Gasteiger partial charge in [-0.25, -0.2) is 0 Å². The first kappa shape index (κ1) is 17.0. The molecule has 0 N–H and O–H groups in total. The fourth-order valence-corrected chi connectivity index (χ4v) is 4.35. The van der Waals surface area contributed by atoms with E-state index in [-0.39, 0.29) is 11.4 Å². The summed E-state index contributed by atoms with van der Waals surface area (Å²) in [5.41, 5.74) is 0.925. The third-order valence-corrected chi connectivity index (χ3v) is 6.00. The van der Waals surface area contributed by atoms with Crippen LogP contribution in [0.15, 0.2) is 58.9 Å². The van der Waals surface area contributed by atoms with Crippen molar-refractivity contribution in [2.24, 2.45) is 4.99 Å². The Morgan fingerprint density at radius 1 is 1.25 bits per heavy atom. The summed E-state index contributed by atoms with van der Waals surface area (Å²) in [5, 5.41) is 2.82. The summed E-state index contributed by atoms with van der Waals surface area (Å²) in [5.74, 6) is 0.851. The van der Waals surface area contributed by atoms with Gasteiger partial charge >= 0.3 is 0 Å². The smallest absolute Gasteiger partial charge is 0.253 e. The van der Waals surface area contributed by atoms with Crippen molar-refractivity contribution in [1.29, 1.82) is 0 Å². The number of amides is 1. The van der Waals surface area contributed by atoms with Crippen LogP contribution in [0.3, 0.4) is 0 Å². The van der Waals surface area contributed by atoms with E-state index < -0.39 is 0 Å². The van der Waals surface area contributed by atoms with Crippen LogP contribution in [0.25, 0.3) is 6.08 Å². The molecule has 0 spiro atoms. The van der Waals surface area contributed by atoms with Gasteiger partial charge in [-0.15, -0.1) is 11.3 Å². The number of hydrogen-bond acceptors (Lipinski definition) is 4. The van der Waals surface area contributed by atoms with Crippen molar-refractivity contribution >= 4 is 40.2 Å². The molecule has 1 aliphatic rings. The Morgan fingerprint density at radius 2 is 2.04 bits per heavy atom. The van der Waals surface area contributed by atoms with E-state index in [0.29, 0.717) is 6.54 Å². The van der Waals surface area contributed by atoms with Gasteiger partial charge in [-0.1, -0.05) is 48.2 Å². The molecule has 0 aliphatic carbocycles. The van der Waals surface area contributed by atoms with E-state index >= 15 is 0 Å². The van der Waals surface area contributed by atoms with Crippen LogP contribution < -0.4 is 0 Å². The molecule has 2 heterocycles. The van der Waals surface area contributed by atoms with Crippen molar-refractivity contribution in [3.63, 3.8) is 0 Å². The van der Waals surface area contributed by atoms with Crippen LogP contribution in [0.4, 0.5) is 0 Å². The molecule has 0 radical (unpaired) electrons. The molecule has 0 bridgehead atoms. The standard InChI is InChI=1S/C19H20N2OS2/c1-19(2)14-24-18(20-13-15-7-4-3-5-8-15)21(19)17(22)11-10-16-9-6-12-23-16/h3-12H,13-14H2,1-2H3/b11-10+,20-18?. The lowest BCUT2D eigenvalue weighted by molar-refractivity contribution is -0.124. The van der Waals surface area contributed by atoms with Crippen LogP contribution >= 0.6 is 23.1 Å². The molecule has 1 aromatic carbocycles. The van der Waals surface area contributed by atoms with E-state index in [0.717, 1.165) is 21.4 Å². The minimum atomic E-state index is -0.225. The summed E-state index contributed by atoms with van der Waals surface area (Å²) in [6, 6.07) is 14.1. The number of aliphatic imine (C=N–C) groups is 1. The van der Waals surface area contributed by atoms with Crippen LogP contribution in [0.1, 0.15) is 24.3 Å². The molecule has 0 atom stereocenters. The molecule has 1 saturated heterocycles. The second-order valence-electron chi connectivity index (χ2n) is 6.21. The predicted octanol–water partition coefficient (Wildman–Crippen LogP) is 4.67. The summed E-state index contributed by atoms with van der Waals surface area (Å²) in [6.45, 7) is 4.77. The summed E-state index contributed by atoms with van der Waals surface area (Å²) >= 11 is 3.27. The molecule has 2 aromatic rings. The van der Waals surface area contributed by atoms with E-state index in [4.69, 9.17) is 0 Å². The fraction of sp³-hybridized carbons (Fsp3) is 0.263. The second kappa shape index (κ2) is 7.36. The monoisotopic (exact) mass is 356 g/mol. The summed E-state index contributed by atoms with van der Waals surface area (Å²) in [7, 11) is 0. The normalized spacial score (nSPS) is 18.6. The Labute approximate surface area is 151 Å². The maximum Gasteiger partial charge on any atom is 0.253 e. The van der Waals surface area contributed by atoms with Gasteiger partial charge in [0, 0.05) is 16.7 Å². The van der Waals surface area contributed by atoms with E-state index in [1.54, 1.807) is 29.2 Å². The van der Waals surface area contributed by atoms with Crippen molar-refractivity contribution in [3.05, 3.63) is 64.4 Å². The maximum absolute atomic E-state index is 12.7. The number of carbonyl (C=O) groups excluding carboxylic acids is 1. The van der Waals surface area contributed by atoms with E-state index in [2.05, 4.69) is 31.0 Å². The number of amidine groups is 1. The van der Waals surface area contributed by atoms with Crippen molar-refractivity contribution in [2.75, 3.05) is 5.75 Å². The molecule has 1 aromatic heterocycles. The van der Waals surface area contributed by atoms with Gasteiger partial charge in [0.05, 0.1) is 12.1 Å². The Hall–Kier alpha value is -1.85. The van der Waals surface area contributed by atoms with Crippen LogP contribution in [-0.4, -0.2) is 27.3 Å². The average molecular weight is 357 g/mol. The molecule has 5 heteroatoms. The van der Waals surface area contributed by atoms with E-state index in [1.165, 1.54) is 0 Å². The molecule has 3 rings (SSSR count). The predicted molar refractivity (Wildman–Crippen MR) is 104 cm³/mol. The Morgan fingerprint density at radius 3 is 2.75 bits per heavy atom. The van der Waals surface area contributed by atoms with Gasteiger partial charge in [0.2, 0.25) is 0 Å². The minimum absolute atomic E-state index is 0.00906. The van der Waals surface area contributed by atoms with Crippen molar-refractivity contribution in [2.45, 2.75) is 25.9 Å². The first-order valence-electron chi connectivity index (χ1n) is 7.83. The topological polar surface area (TPSA) is 32.7 Å². The number of thioether (sulfide) groups is 1. The SMILES string of the molecule is CC1(C)CSC(=NCc2ccccc2)N1C(=O)/C=C/c1cccs1. The van der Waals surface area contributed by atoms with Gasteiger partial charge in [-0.2, -0.15) is 0 Å². The molecular weight excluding hydrogens is 336 g/mol. The highest BCUT2D eigenvalue weighted by atomic mass is 32.2. The zero-order valence-corrected chi connectivity index (χ0v) is 15.4. The lowest BCUT2D eigenvalue weighted by Crippen LogP contribution is -2.45. The van der Waals surface area contributed by atoms with Gasteiger partial charge < -0.3 is 0 Å². The highest BCUT2D eigenvalue weighted by Crippen LogP contribution is 2.33. The average Bonchev–Trinajstić information content (AvgIpc) is 3.19. The first-order chi connectivity index (χ1) is 11.6. The lowest BCUT2D eigenvalue weighted by Gasteiger charge is -2.29. The van der Waals surface area contributed by atoms with Crippen LogP contribution in [0.2, 0.25) is 0 Å². The Balaban J connectivity index is 1.77. The molecule has 1 fully saturated rings. The van der Waals surface area contributed by atoms with Gasteiger partial charge in [0.15, 0.2) is 5.17 Å². The number of hydrogen-bond donors (Lipinski definition) is 0. The molecule has 3 nitrogen and oxygen atoms in total. The quantitative estimate of drug-likeness (QED) is 0.746. The van der Waals surface area contributed by atoms with Gasteiger partial charge in [0.25, 0.3) is 5.91 Å².